The van der Waals surface area contributed by atoms with E-state index >= 15 is 0 Å². The summed E-state index contributed by atoms with van der Waals surface area (Å²) < 4.78 is 0. The van der Waals surface area contributed by atoms with E-state index in [1.807, 2.05) is 20.1 Å². The summed E-state index contributed by atoms with van der Waals surface area (Å²) in [7, 11) is 0. The molecule has 0 saturated carbocycles. The number of hydrogen-bond donors (Lipinski definition) is 1. The van der Waals surface area contributed by atoms with E-state index in [-0.39, 0.29) is 10.6 Å². The van der Waals surface area contributed by atoms with Crippen LogP contribution in [0.4, 0.5) is 0 Å². The van der Waals surface area contributed by atoms with Crippen molar-refractivity contribution in [1.29, 1.82) is 0 Å². The van der Waals surface area contributed by atoms with E-state index < -0.39 is 5.97 Å². The van der Waals surface area contributed by atoms with Gasteiger partial charge in [-0.05, 0) is 18.4 Å². The minimum absolute atomic E-state index is 0.187. The molecule has 0 aliphatic heterocycles. The van der Waals surface area contributed by atoms with Crippen LogP contribution in [0.15, 0.2) is 23.1 Å². The summed E-state index contributed by atoms with van der Waals surface area (Å²) >= 11 is 7.08. The average molecular weight is 233 g/mol. The van der Waals surface area contributed by atoms with Gasteiger partial charge < -0.3 is 5.11 Å². The Hall–Kier alpha value is -0.670. The molecule has 14 heavy (non-hydrogen) atoms. The maximum absolute atomic E-state index is 10.7. The summed E-state index contributed by atoms with van der Waals surface area (Å²) in [5.41, 5.74) is 0.187. The normalized spacial score (nSPS) is 8.86. The average Bonchev–Trinajstić information content (AvgIpc) is 2.19. The molecular weight excluding hydrogens is 220 g/mol. The van der Waals surface area contributed by atoms with Crippen molar-refractivity contribution in [2.75, 3.05) is 6.26 Å². The molecule has 4 heteroatoms. The first-order valence-corrected chi connectivity index (χ1v) is 5.83. The zero-order valence-corrected chi connectivity index (χ0v) is 9.95. The lowest BCUT2D eigenvalue weighted by molar-refractivity contribution is 0.0693. The molecule has 1 N–H and O–H groups in total. The molecule has 0 radical (unpaired) electrons. The van der Waals surface area contributed by atoms with Gasteiger partial charge in [0.15, 0.2) is 0 Å². The molecule has 0 heterocycles. The quantitative estimate of drug-likeness (QED) is 0.789. The first kappa shape index (κ1) is 13.3. The molecule has 0 unspecified atom stereocenters. The third-order valence-electron chi connectivity index (χ3n) is 1.41. The Morgan fingerprint density at radius 1 is 1.43 bits per heavy atom. The van der Waals surface area contributed by atoms with Crippen molar-refractivity contribution in [3.05, 3.63) is 28.8 Å². The van der Waals surface area contributed by atoms with Gasteiger partial charge in [-0.3, -0.25) is 0 Å². The van der Waals surface area contributed by atoms with Gasteiger partial charge in [0.05, 0.1) is 10.6 Å². The minimum Gasteiger partial charge on any atom is -0.478 e. The first-order chi connectivity index (χ1) is 6.66. The Morgan fingerprint density at radius 2 is 2.00 bits per heavy atom. The fourth-order valence-corrected chi connectivity index (χ4v) is 1.81. The molecule has 0 amide bonds. The van der Waals surface area contributed by atoms with Gasteiger partial charge in [0.2, 0.25) is 0 Å². The SMILES string of the molecule is CC.CSc1cccc(Cl)c1C(=O)O. The number of halogens is 1. The van der Waals surface area contributed by atoms with E-state index in [4.69, 9.17) is 16.7 Å². The highest BCUT2D eigenvalue weighted by molar-refractivity contribution is 7.98. The maximum atomic E-state index is 10.7. The van der Waals surface area contributed by atoms with E-state index in [1.165, 1.54) is 11.8 Å². The predicted molar refractivity (Wildman–Crippen MR) is 61.5 cm³/mol. The van der Waals surface area contributed by atoms with Crippen molar-refractivity contribution in [3.8, 4) is 0 Å². The van der Waals surface area contributed by atoms with Crippen LogP contribution < -0.4 is 0 Å². The van der Waals surface area contributed by atoms with Gasteiger partial charge in [-0.2, -0.15) is 0 Å². The molecule has 0 aliphatic rings. The number of rotatable bonds is 2. The molecule has 0 bridgehead atoms. The lowest BCUT2D eigenvalue weighted by Gasteiger charge is -2.03. The first-order valence-electron chi connectivity index (χ1n) is 4.22. The lowest BCUT2D eigenvalue weighted by Crippen LogP contribution is -1.99. The van der Waals surface area contributed by atoms with E-state index in [2.05, 4.69) is 0 Å². The van der Waals surface area contributed by atoms with Gasteiger partial charge in [-0.25, -0.2) is 4.79 Å². The van der Waals surface area contributed by atoms with Gasteiger partial charge in [0.25, 0.3) is 0 Å². The molecule has 1 aromatic carbocycles. The fraction of sp³-hybridized carbons (Fsp3) is 0.300. The molecule has 2 nitrogen and oxygen atoms in total. The zero-order chi connectivity index (χ0) is 11.1. The van der Waals surface area contributed by atoms with Crippen LogP contribution in [0, 0.1) is 0 Å². The predicted octanol–water partition coefficient (Wildman–Crippen LogP) is 3.79. The molecule has 78 valence electrons. The van der Waals surface area contributed by atoms with Crippen LogP contribution in [0.25, 0.3) is 0 Å². The molecule has 0 saturated heterocycles. The summed E-state index contributed by atoms with van der Waals surface area (Å²) in [5.74, 6) is -0.982. The van der Waals surface area contributed by atoms with Crippen molar-refractivity contribution < 1.29 is 9.90 Å². The van der Waals surface area contributed by atoms with Crippen LogP contribution in [0.2, 0.25) is 5.02 Å². The highest BCUT2D eigenvalue weighted by Crippen LogP contribution is 2.26. The third-order valence-corrected chi connectivity index (χ3v) is 2.50. The Balaban J connectivity index is 0.000000791. The van der Waals surface area contributed by atoms with Gasteiger partial charge >= 0.3 is 5.97 Å². The zero-order valence-electron chi connectivity index (χ0n) is 8.37. The number of aromatic carboxylic acids is 1. The van der Waals surface area contributed by atoms with E-state index in [1.54, 1.807) is 18.2 Å². The summed E-state index contributed by atoms with van der Waals surface area (Å²) in [6.45, 7) is 4.00. The monoisotopic (exact) mass is 232 g/mol. The van der Waals surface area contributed by atoms with Gasteiger partial charge in [0, 0.05) is 4.90 Å². The number of benzene rings is 1. The Kier molecular flexibility index (Phi) is 6.41. The molecular formula is C10H13ClO2S. The van der Waals surface area contributed by atoms with Crippen molar-refractivity contribution >= 4 is 29.3 Å². The van der Waals surface area contributed by atoms with Crippen LogP contribution >= 0.6 is 23.4 Å². The smallest absolute Gasteiger partial charge is 0.338 e. The van der Waals surface area contributed by atoms with E-state index in [0.29, 0.717) is 4.90 Å². The summed E-state index contributed by atoms with van der Waals surface area (Å²) in [4.78, 5) is 11.4. The second-order valence-corrected chi connectivity index (χ2v) is 3.38. The van der Waals surface area contributed by atoms with E-state index in [0.717, 1.165) is 0 Å². The Labute approximate surface area is 93.3 Å². The number of hydrogen-bond acceptors (Lipinski definition) is 2. The summed E-state index contributed by atoms with van der Waals surface area (Å²) in [5, 5.41) is 9.07. The third kappa shape index (κ3) is 3.24. The summed E-state index contributed by atoms with van der Waals surface area (Å²) in [6.07, 6.45) is 1.82. The van der Waals surface area contributed by atoms with Gasteiger partial charge in [0.1, 0.15) is 0 Å². The van der Waals surface area contributed by atoms with Crippen molar-refractivity contribution in [2.24, 2.45) is 0 Å². The second kappa shape index (κ2) is 6.74. The maximum Gasteiger partial charge on any atom is 0.338 e. The highest BCUT2D eigenvalue weighted by Gasteiger charge is 2.12. The van der Waals surface area contributed by atoms with Crippen molar-refractivity contribution in [2.45, 2.75) is 18.7 Å². The standard InChI is InChI=1S/C8H7ClO2S.C2H6/c1-12-6-4-2-3-5(9)7(6)8(10)11;1-2/h2-4H,1H3,(H,10,11);1-2H3. The molecule has 0 fully saturated rings. The van der Waals surface area contributed by atoms with Crippen LogP contribution in [0.5, 0.6) is 0 Å². The van der Waals surface area contributed by atoms with E-state index in [9.17, 15) is 4.79 Å². The van der Waals surface area contributed by atoms with Gasteiger partial charge in [-0.15, -0.1) is 11.8 Å². The topological polar surface area (TPSA) is 37.3 Å². The number of carbonyl (C=O) groups is 1. The molecule has 0 atom stereocenters. The van der Waals surface area contributed by atoms with Gasteiger partial charge in [-0.1, -0.05) is 31.5 Å². The fourth-order valence-electron chi connectivity index (χ4n) is 0.882. The molecule has 1 rings (SSSR count). The Morgan fingerprint density at radius 3 is 2.36 bits per heavy atom. The second-order valence-electron chi connectivity index (χ2n) is 2.12. The van der Waals surface area contributed by atoms with Crippen LogP contribution in [-0.4, -0.2) is 17.3 Å². The van der Waals surface area contributed by atoms with Crippen molar-refractivity contribution in [1.82, 2.24) is 0 Å². The van der Waals surface area contributed by atoms with Crippen molar-refractivity contribution in [3.63, 3.8) is 0 Å². The minimum atomic E-state index is -0.982. The van der Waals surface area contributed by atoms with Crippen LogP contribution in [0.1, 0.15) is 24.2 Å². The highest BCUT2D eigenvalue weighted by atomic mass is 35.5. The van der Waals surface area contributed by atoms with Crippen LogP contribution in [0.3, 0.4) is 0 Å². The lowest BCUT2D eigenvalue weighted by atomic mass is 10.2. The number of carboxylic acids is 1. The summed E-state index contributed by atoms with van der Waals surface area (Å²) in [6, 6.07) is 5.05. The largest absolute Gasteiger partial charge is 0.478 e. The number of carboxylic acid groups (broad SMARTS) is 1. The van der Waals surface area contributed by atoms with Crippen LogP contribution in [-0.2, 0) is 0 Å². The molecule has 1 aromatic rings. The molecule has 0 aromatic heterocycles. The Bertz CT molecular complexity index is 313. The molecule has 0 spiro atoms. The number of thioether (sulfide) groups is 1. The molecule has 0 aliphatic carbocycles.